The quantitative estimate of drug-likeness (QED) is 0.168. The van der Waals surface area contributed by atoms with Gasteiger partial charge >= 0.3 is 6.18 Å². The van der Waals surface area contributed by atoms with Gasteiger partial charge in [0.15, 0.2) is 0 Å². The number of halogens is 5. The predicted octanol–water partition coefficient (Wildman–Crippen LogP) is 7.07. The lowest BCUT2D eigenvalue weighted by Crippen LogP contribution is -2.15. The number of rotatable bonds is 7. The molecule has 4 aromatic rings. The van der Waals surface area contributed by atoms with Crippen molar-refractivity contribution in [2.75, 3.05) is 17.2 Å². The molecule has 0 saturated carbocycles. The first-order valence-corrected chi connectivity index (χ1v) is 11.9. The smallest absolute Gasteiger partial charge is 0.381 e. The number of carbonyl (C=O) groups is 1. The Labute approximate surface area is 225 Å². The highest BCUT2D eigenvalue weighted by Gasteiger charge is 2.32. The van der Waals surface area contributed by atoms with E-state index in [2.05, 4.69) is 27.2 Å². The fraction of sp³-hybridized carbons (Fsp3) is 0.107. The van der Waals surface area contributed by atoms with E-state index in [0.29, 0.717) is 40.0 Å². The lowest BCUT2D eigenvalue weighted by molar-refractivity contribution is -0.141. The third kappa shape index (κ3) is 6.18. The van der Waals surface area contributed by atoms with Crippen LogP contribution in [0.4, 0.5) is 28.9 Å². The minimum absolute atomic E-state index is 0.0182. The van der Waals surface area contributed by atoms with Crippen molar-refractivity contribution in [3.05, 3.63) is 112 Å². The maximum Gasteiger partial charge on any atom is 0.433 e. The summed E-state index contributed by atoms with van der Waals surface area (Å²) in [5.74, 6) is -1.25. The lowest BCUT2D eigenvalue weighted by atomic mass is 9.90. The number of nitrogens with zero attached hydrogens (tertiary/aromatic N) is 1. The second kappa shape index (κ2) is 11.1. The number of hydrogen-bond acceptors (Lipinski definition) is 4. The second-order valence-electron chi connectivity index (χ2n) is 8.52. The Bertz CT molecular complexity index is 1610. The van der Waals surface area contributed by atoms with Crippen molar-refractivity contribution in [2.45, 2.75) is 13.1 Å². The molecule has 39 heavy (non-hydrogen) atoms. The summed E-state index contributed by atoms with van der Waals surface area (Å²) in [6.07, 6.45) is -0.670. The van der Waals surface area contributed by atoms with Crippen LogP contribution in [0.25, 0.3) is 22.3 Å². The Morgan fingerprint density at radius 2 is 1.90 bits per heavy atom. The molecule has 0 aliphatic rings. The minimum atomic E-state index is -4.67. The summed E-state index contributed by atoms with van der Waals surface area (Å²) < 4.78 is 53.7. The Morgan fingerprint density at radius 3 is 2.56 bits per heavy atom. The van der Waals surface area contributed by atoms with Gasteiger partial charge in [-0.1, -0.05) is 17.7 Å². The van der Waals surface area contributed by atoms with Crippen LogP contribution in [-0.2, 0) is 6.18 Å². The van der Waals surface area contributed by atoms with E-state index >= 15 is 0 Å². The lowest BCUT2D eigenvalue weighted by Gasteiger charge is -2.20. The standard InChI is InChI=1S/C28H21ClF4N4O2/c1-3-7-34-23-11-17(30)10-20(16-4-5-25(38)36-14-16)26(23)19-13-22(29)21(9-15(19)2)27(39)37-18-6-8-35-24(12-18)28(31,32)33/h3-6,8-14,34H,1,7H2,2H3,(H,36,38)(H,35,37,39). The van der Waals surface area contributed by atoms with Gasteiger partial charge in [-0.3, -0.25) is 14.6 Å². The van der Waals surface area contributed by atoms with Crippen LogP contribution in [0.3, 0.4) is 0 Å². The number of H-pyrrole nitrogens is 1. The SMILES string of the molecule is C=CCNc1cc(F)cc(-c2ccc(=O)[nH]c2)c1-c1cc(Cl)c(C(=O)Nc2ccnc(C(F)(F)F)c2)cc1C. The molecule has 6 nitrogen and oxygen atoms in total. The first kappa shape index (κ1) is 27.6. The monoisotopic (exact) mass is 556 g/mol. The molecule has 0 atom stereocenters. The molecule has 0 fully saturated rings. The molecule has 2 aromatic carbocycles. The molecule has 0 bridgehead atoms. The van der Waals surface area contributed by atoms with Crippen LogP contribution >= 0.6 is 11.6 Å². The Balaban J connectivity index is 1.80. The van der Waals surface area contributed by atoms with Gasteiger partial charge in [0.2, 0.25) is 5.56 Å². The van der Waals surface area contributed by atoms with Crippen molar-refractivity contribution in [1.29, 1.82) is 0 Å². The normalized spacial score (nSPS) is 11.2. The van der Waals surface area contributed by atoms with Crippen LogP contribution in [0.15, 0.2) is 78.4 Å². The Hall–Kier alpha value is -4.44. The van der Waals surface area contributed by atoms with Crippen LogP contribution in [0.1, 0.15) is 21.6 Å². The van der Waals surface area contributed by atoms with Crippen molar-refractivity contribution in [3.8, 4) is 22.3 Å². The number of aromatic amines is 1. The Kier molecular flexibility index (Phi) is 7.87. The summed E-state index contributed by atoms with van der Waals surface area (Å²) in [5.41, 5.74) is 1.54. The third-order valence-corrected chi connectivity index (χ3v) is 6.08. The highest BCUT2D eigenvalue weighted by molar-refractivity contribution is 6.35. The molecule has 0 saturated heterocycles. The van der Waals surface area contributed by atoms with E-state index < -0.39 is 23.6 Å². The van der Waals surface area contributed by atoms with E-state index in [1.165, 1.54) is 42.6 Å². The van der Waals surface area contributed by atoms with Gasteiger partial charge in [-0.15, -0.1) is 6.58 Å². The number of hydrogen-bond donors (Lipinski definition) is 3. The molecule has 0 aliphatic carbocycles. The second-order valence-corrected chi connectivity index (χ2v) is 8.92. The number of amides is 1. The minimum Gasteiger partial charge on any atom is -0.381 e. The first-order valence-electron chi connectivity index (χ1n) is 11.5. The summed E-state index contributed by atoms with van der Waals surface area (Å²) in [5, 5.41) is 5.54. The average molecular weight is 557 g/mol. The van der Waals surface area contributed by atoms with Crippen LogP contribution in [-0.4, -0.2) is 22.4 Å². The molecule has 1 amide bonds. The van der Waals surface area contributed by atoms with Gasteiger partial charge in [-0.25, -0.2) is 4.39 Å². The molecule has 4 rings (SSSR count). The number of anilines is 2. The zero-order valence-corrected chi connectivity index (χ0v) is 21.2. The van der Waals surface area contributed by atoms with Crippen molar-refractivity contribution < 1.29 is 22.4 Å². The van der Waals surface area contributed by atoms with E-state index in [0.717, 1.165) is 12.3 Å². The molecular formula is C28H21ClF4N4O2. The molecular weight excluding hydrogens is 536 g/mol. The highest BCUT2D eigenvalue weighted by atomic mass is 35.5. The van der Waals surface area contributed by atoms with Crippen LogP contribution in [0, 0.1) is 12.7 Å². The number of carbonyl (C=O) groups excluding carboxylic acids is 1. The first-order chi connectivity index (χ1) is 18.5. The zero-order chi connectivity index (χ0) is 28.3. The summed E-state index contributed by atoms with van der Waals surface area (Å²) in [6, 6.07) is 10.5. The van der Waals surface area contributed by atoms with Crippen molar-refractivity contribution >= 4 is 28.9 Å². The molecule has 200 valence electrons. The maximum atomic E-state index is 14.7. The van der Waals surface area contributed by atoms with Crippen molar-refractivity contribution in [3.63, 3.8) is 0 Å². The van der Waals surface area contributed by atoms with Gasteiger partial charge in [-0.2, -0.15) is 13.2 Å². The third-order valence-electron chi connectivity index (χ3n) is 5.77. The average Bonchev–Trinajstić information content (AvgIpc) is 2.88. The number of pyridine rings is 2. The van der Waals surface area contributed by atoms with Crippen LogP contribution in [0.2, 0.25) is 5.02 Å². The maximum absolute atomic E-state index is 14.7. The molecule has 3 N–H and O–H groups in total. The largest absolute Gasteiger partial charge is 0.433 e. The van der Waals surface area contributed by atoms with Crippen molar-refractivity contribution in [1.82, 2.24) is 9.97 Å². The fourth-order valence-electron chi connectivity index (χ4n) is 4.01. The van der Waals surface area contributed by atoms with Gasteiger partial charge in [0.1, 0.15) is 11.5 Å². The van der Waals surface area contributed by atoms with Gasteiger partial charge < -0.3 is 15.6 Å². The summed E-state index contributed by atoms with van der Waals surface area (Å²) in [6.45, 7) is 5.72. The van der Waals surface area contributed by atoms with E-state index in [9.17, 15) is 27.2 Å². The molecule has 0 unspecified atom stereocenters. The predicted molar refractivity (Wildman–Crippen MR) is 144 cm³/mol. The molecule has 0 radical (unpaired) electrons. The summed E-state index contributed by atoms with van der Waals surface area (Å²) in [4.78, 5) is 30.4. The molecule has 0 aliphatic heterocycles. The van der Waals surface area contributed by atoms with E-state index in [4.69, 9.17) is 11.6 Å². The van der Waals surface area contributed by atoms with Crippen molar-refractivity contribution in [2.24, 2.45) is 0 Å². The molecule has 0 spiro atoms. The van der Waals surface area contributed by atoms with Crippen LogP contribution in [0.5, 0.6) is 0 Å². The summed E-state index contributed by atoms with van der Waals surface area (Å²) >= 11 is 6.51. The topological polar surface area (TPSA) is 86.9 Å². The van der Waals surface area contributed by atoms with E-state index in [1.807, 2.05) is 0 Å². The highest BCUT2D eigenvalue weighted by Crippen LogP contribution is 2.41. The van der Waals surface area contributed by atoms with Gasteiger partial charge in [0.05, 0.1) is 10.6 Å². The van der Waals surface area contributed by atoms with Gasteiger partial charge in [0, 0.05) is 41.9 Å². The number of aromatic nitrogens is 2. The molecule has 11 heteroatoms. The Morgan fingerprint density at radius 1 is 1.13 bits per heavy atom. The molecule has 2 heterocycles. The van der Waals surface area contributed by atoms with Gasteiger partial charge in [-0.05, 0) is 71.6 Å². The number of nitrogens with one attached hydrogen (secondary N) is 3. The van der Waals surface area contributed by atoms with E-state index in [1.54, 1.807) is 19.1 Å². The van der Waals surface area contributed by atoms with E-state index in [-0.39, 0.29) is 21.8 Å². The molecule has 2 aromatic heterocycles. The van der Waals surface area contributed by atoms with Crippen LogP contribution < -0.4 is 16.2 Å². The zero-order valence-electron chi connectivity index (χ0n) is 20.4. The number of benzene rings is 2. The van der Waals surface area contributed by atoms with Gasteiger partial charge in [0.25, 0.3) is 5.91 Å². The number of aryl methyl sites for hydroxylation is 1. The fourth-order valence-corrected chi connectivity index (χ4v) is 4.26. The number of alkyl halides is 3. The summed E-state index contributed by atoms with van der Waals surface area (Å²) in [7, 11) is 0.